The molecule has 128 valence electrons. The van der Waals surface area contributed by atoms with Gasteiger partial charge in [0, 0.05) is 11.8 Å². The highest BCUT2D eigenvalue weighted by Crippen LogP contribution is 2.22. The lowest BCUT2D eigenvalue weighted by molar-refractivity contribution is 0.0955. The van der Waals surface area contributed by atoms with E-state index < -0.39 is 0 Å². The van der Waals surface area contributed by atoms with E-state index in [1.807, 2.05) is 24.3 Å². The summed E-state index contributed by atoms with van der Waals surface area (Å²) in [6.07, 6.45) is 10.4. The van der Waals surface area contributed by atoms with Gasteiger partial charge >= 0.3 is 0 Å². The molecular formula is C20H32N2O. The van der Waals surface area contributed by atoms with Crippen LogP contribution in [0.15, 0.2) is 29.4 Å². The predicted octanol–water partition coefficient (Wildman–Crippen LogP) is 5.45. The summed E-state index contributed by atoms with van der Waals surface area (Å²) < 4.78 is 0. The first-order valence-electron chi connectivity index (χ1n) is 8.87. The molecule has 0 aromatic heterocycles. The number of nitrogens with zero attached hydrogens (tertiary/aromatic N) is 1. The number of hydrogen-bond acceptors (Lipinski definition) is 2. The molecule has 0 unspecified atom stereocenters. The molecule has 0 fully saturated rings. The van der Waals surface area contributed by atoms with Gasteiger partial charge in [-0.2, -0.15) is 5.10 Å². The van der Waals surface area contributed by atoms with Crippen LogP contribution in [-0.2, 0) is 5.41 Å². The number of nitrogens with one attached hydrogen (secondary N) is 1. The zero-order valence-electron chi connectivity index (χ0n) is 15.2. The van der Waals surface area contributed by atoms with E-state index in [-0.39, 0.29) is 11.3 Å². The summed E-state index contributed by atoms with van der Waals surface area (Å²) >= 11 is 0. The smallest absolute Gasteiger partial charge is 0.267 e. The van der Waals surface area contributed by atoms with Crippen molar-refractivity contribution in [1.29, 1.82) is 0 Å². The molecule has 1 N–H and O–H groups in total. The Morgan fingerprint density at radius 2 is 1.65 bits per heavy atom. The van der Waals surface area contributed by atoms with Crippen molar-refractivity contribution in [2.45, 2.75) is 78.1 Å². The first-order chi connectivity index (χ1) is 10.9. The van der Waals surface area contributed by atoms with Gasteiger partial charge in [-0.15, -0.1) is 0 Å². The minimum Gasteiger partial charge on any atom is -0.267 e. The Morgan fingerprint density at radius 3 is 2.26 bits per heavy atom. The number of amides is 1. The Hall–Kier alpha value is -1.64. The van der Waals surface area contributed by atoms with Gasteiger partial charge in [-0.05, 0) is 36.0 Å². The highest BCUT2D eigenvalue weighted by atomic mass is 16.2. The lowest BCUT2D eigenvalue weighted by Gasteiger charge is -2.18. The molecule has 0 atom stereocenters. The van der Waals surface area contributed by atoms with Gasteiger partial charge in [0.15, 0.2) is 0 Å². The van der Waals surface area contributed by atoms with E-state index >= 15 is 0 Å². The zero-order valence-corrected chi connectivity index (χ0v) is 15.2. The molecule has 0 aliphatic heterocycles. The second-order valence-electron chi connectivity index (χ2n) is 7.14. The lowest BCUT2D eigenvalue weighted by Crippen LogP contribution is -2.18. The SMILES string of the molecule is CCCCCCCC/C=N/NC(=O)c1ccc(C(C)(C)C)cc1. The summed E-state index contributed by atoms with van der Waals surface area (Å²) in [5, 5.41) is 4.03. The highest BCUT2D eigenvalue weighted by Gasteiger charge is 2.13. The maximum atomic E-state index is 12.0. The van der Waals surface area contributed by atoms with Gasteiger partial charge in [0.05, 0.1) is 0 Å². The second-order valence-corrected chi connectivity index (χ2v) is 7.14. The van der Waals surface area contributed by atoms with Crippen molar-refractivity contribution in [3.05, 3.63) is 35.4 Å². The van der Waals surface area contributed by atoms with Gasteiger partial charge in [-0.1, -0.05) is 71.9 Å². The topological polar surface area (TPSA) is 41.5 Å². The molecule has 0 saturated carbocycles. The first kappa shape index (κ1) is 19.4. The summed E-state index contributed by atoms with van der Waals surface area (Å²) in [7, 11) is 0. The van der Waals surface area contributed by atoms with Gasteiger partial charge in [0.2, 0.25) is 0 Å². The third-order valence-corrected chi connectivity index (χ3v) is 3.96. The standard InChI is InChI=1S/C20H32N2O/c1-5-6-7-8-9-10-11-16-21-22-19(23)17-12-14-18(15-13-17)20(2,3)4/h12-16H,5-11H2,1-4H3,(H,22,23)/b21-16+. The Morgan fingerprint density at radius 1 is 1.04 bits per heavy atom. The van der Waals surface area contributed by atoms with Gasteiger partial charge in [0.25, 0.3) is 5.91 Å². The van der Waals surface area contributed by atoms with Crippen molar-refractivity contribution < 1.29 is 4.79 Å². The molecule has 1 rings (SSSR count). The monoisotopic (exact) mass is 316 g/mol. The average molecular weight is 316 g/mol. The van der Waals surface area contributed by atoms with Crippen molar-refractivity contribution in [3.8, 4) is 0 Å². The third kappa shape index (κ3) is 7.96. The summed E-state index contributed by atoms with van der Waals surface area (Å²) in [5.74, 6) is -0.148. The molecule has 0 radical (unpaired) electrons. The first-order valence-corrected chi connectivity index (χ1v) is 8.87. The van der Waals surface area contributed by atoms with Gasteiger partial charge in [-0.25, -0.2) is 5.43 Å². The molecule has 0 heterocycles. The molecular weight excluding hydrogens is 284 g/mol. The normalized spacial score (nSPS) is 11.8. The maximum absolute atomic E-state index is 12.0. The van der Waals surface area contributed by atoms with E-state index in [0.29, 0.717) is 5.56 Å². The summed E-state index contributed by atoms with van der Waals surface area (Å²) in [6.45, 7) is 8.71. The van der Waals surface area contributed by atoms with Crippen LogP contribution in [0.5, 0.6) is 0 Å². The van der Waals surface area contributed by atoms with Crippen LogP contribution in [0.1, 0.15) is 88.6 Å². The zero-order chi connectivity index (χ0) is 17.1. The fraction of sp³-hybridized carbons (Fsp3) is 0.600. The van der Waals surface area contributed by atoms with Gasteiger partial charge in [-0.3, -0.25) is 4.79 Å². The van der Waals surface area contributed by atoms with Crippen LogP contribution in [0.3, 0.4) is 0 Å². The van der Waals surface area contributed by atoms with Gasteiger partial charge < -0.3 is 0 Å². The molecule has 3 nitrogen and oxygen atoms in total. The molecule has 23 heavy (non-hydrogen) atoms. The fourth-order valence-electron chi connectivity index (χ4n) is 2.37. The number of carbonyl (C=O) groups is 1. The molecule has 0 saturated heterocycles. The van der Waals surface area contributed by atoms with E-state index in [1.54, 1.807) is 6.21 Å². The van der Waals surface area contributed by atoms with E-state index in [1.165, 1.54) is 37.7 Å². The van der Waals surface area contributed by atoms with Crippen molar-refractivity contribution in [2.24, 2.45) is 5.10 Å². The number of hydrazone groups is 1. The maximum Gasteiger partial charge on any atom is 0.271 e. The van der Waals surface area contributed by atoms with Crippen molar-refractivity contribution >= 4 is 12.1 Å². The molecule has 0 aliphatic rings. The van der Waals surface area contributed by atoms with Gasteiger partial charge in [0.1, 0.15) is 0 Å². The van der Waals surface area contributed by atoms with Crippen molar-refractivity contribution in [3.63, 3.8) is 0 Å². The van der Waals surface area contributed by atoms with E-state index in [2.05, 4.69) is 38.2 Å². The van der Waals surface area contributed by atoms with Crippen LogP contribution in [0.4, 0.5) is 0 Å². The highest BCUT2D eigenvalue weighted by molar-refractivity contribution is 5.94. The Balaban J connectivity index is 2.27. The molecule has 1 aromatic rings. The van der Waals surface area contributed by atoms with Crippen LogP contribution in [0.25, 0.3) is 0 Å². The largest absolute Gasteiger partial charge is 0.271 e. The second kappa shape index (κ2) is 10.2. The van der Waals surface area contributed by atoms with E-state index in [9.17, 15) is 4.79 Å². The molecule has 0 bridgehead atoms. The fourth-order valence-corrected chi connectivity index (χ4v) is 2.37. The predicted molar refractivity (Wildman–Crippen MR) is 99.1 cm³/mol. The Kier molecular flexibility index (Phi) is 8.60. The van der Waals surface area contributed by atoms with Crippen LogP contribution < -0.4 is 5.43 Å². The van der Waals surface area contributed by atoms with Crippen LogP contribution >= 0.6 is 0 Å². The molecule has 1 aromatic carbocycles. The van der Waals surface area contributed by atoms with E-state index in [4.69, 9.17) is 0 Å². The minimum absolute atomic E-state index is 0.101. The number of hydrogen-bond donors (Lipinski definition) is 1. The van der Waals surface area contributed by atoms with Crippen molar-refractivity contribution in [2.75, 3.05) is 0 Å². The molecule has 3 heteroatoms. The summed E-state index contributed by atoms with van der Waals surface area (Å²) in [5.41, 5.74) is 4.57. The Labute approximate surface area is 141 Å². The van der Waals surface area contributed by atoms with Crippen LogP contribution in [0, 0.1) is 0 Å². The number of carbonyl (C=O) groups excluding carboxylic acids is 1. The van der Waals surface area contributed by atoms with E-state index in [0.717, 1.165) is 12.8 Å². The Bertz CT molecular complexity index is 483. The van der Waals surface area contributed by atoms with Crippen LogP contribution in [0.2, 0.25) is 0 Å². The molecule has 0 aliphatic carbocycles. The quantitative estimate of drug-likeness (QED) is 0.367. The minimum atomic E-state index is -0.148. The average Bonchev–Trinajstić information content (AvgIpc) is 2.52. The summed E-state index contributed by atoms with van der Waals surface area (Å²) in [4.78, 5) is 12.0. The number of unbranched alkanes of at least 4 members (excludes halogenated alkanes) is 6. The lowest BCUT2D eigenvalue weighted by atomic mass is 9.87. The molecule has 1 amide bonds. The number of benzene rings is 1. The third-order valence-electron chi connectivity index (χ3n) is 3.96. The number of rotatable bonds is 9. The van der Waals surface area contributed by atoms with Crippen LogP contribution in [-0.4, -0.2) is 12.1 Å². The molecule has 0 spiro atoms. The summed E-state index contributed by atoms with van der Waals surface area (Å²) in [6, 6.07) is 7.74. The van der Waals surface area contributed by atoms with Crippen molar-refractivity contribution in [1.82, 2.24) is 5.43 Å².